The smallest absolute Gasteiger partial charge is 0.313 e. The van der Waals surface area contributed by atoms with Crippen molar-refractivity contribution in [3.8, 4) is 0 Å². The van der Waals surface area contributed by atoms with Crippen LogP contribution in [0.3, 0.4) is 0 Å². The lowest BCUT2D eigenvalue weighted by molar-refractivity contribution is 0.235. The van der Waals surface area contributed by atoms with Crippen LogP contribution in [0.5, 0.6) is 0 Å². The molecule has 0 amide bonds. The van der Waals surface area contributed by atoms with Crippen molar-refractivity contribution in [2.24, 2.45) is 14.1 Å². The number of aromatic nitrogens is 2. The molecule has 0 aromatic carbocycles. The third-order valence-electron chi connectivity index (χ3n) is 4.19. The molecule has 0 aliphatic carbocycles. The van der Waals surface area contributed by atoms with E-state index in [1.54, 1.807) is 17.7 Å². The molecule has 1 N–H and O–H groups in total. The molecule has 118 valence electrons. The average molecular weight is 294 g/mol. The molecular formula is C15H26N4O2. The maximum absolute atomic E-state index is 12.0. The van der Waals surface area contributed by atoms with Gasteiger partial charge in [0.05, 0.1) is 0 Å². The minimum Gasteiger partial charge on any atom is -0.313 e. The quantitative estimate of drug-likeness (QED) is 0.805. The Bertz CT molecular complexity index is 584. The zero-order chi connectivity index (χ0) is 15.4. The second-order valence-corrected chi connectivity index (χ2v) is 5.90. The lowest BCUT2D eigenvalue weighted by atomic mass is 10.2. The van der Waals surface area contributed by atoms with E-state index >= 15 is 0 Å². The van der Waals surface area contributed by atoms with Gasteiger partial charge in [0.2, 0.25) is 0 Å². The average Bonchev–Trinajstić information content (AvgIpc) is 2.95. The second kappa shape index (κ2) is 7.04. The first-order valence-electron chi connectivity index (χ1n) is 7.74. The lowest BCUT2D eigenvalue weighted by Crippen LogP contribution is -2.42. The van der Waals surface area contributed by atoms with Gasteiger partial charge in [0.25, 0.3) is 5.56 Å². The van der Waals surface area contributed by atoms with E-state index in [4.69, 9.17) is 0 Å². The van der Waals surface area contributed by atoms with Gasteiger partial charge in [0, 0.05) is 45.0 Å². The van der Waals surface area contributed by atoms with E-state index in [0.717, 1.165) is 36.3 Å². The van der Waals surface area contributed by atoms with E-state index in [9.17, 15) is 9.59 Å². The Kier molecular flexibility index (Phi) is 5.36. The number of hydrogen-bond donors (Lipinski definition) is 1. The zero-order valence-corrected chi connectivity index (χ0v) is 13.3. The Morgan fingerprint density at radius 2 is 2.10 bits per heavy atom. The second-order valence-electron chi connectivity index (χ2n) is 5.90. The normalized spacial score (nSPS) is 18.6. The summed E-state index contributed by atoms with van der Waals surface area (Å²) in [6, 6.07) is 2.10. The topological polar surface area (TPSA) is 59.3 Å². The van der Waals surface area contributed by atoms with Gasteiger partial charge >= 0.3 is 5.69 Å². The molecule has 21 heavy (non-hydrogen) atoms. The highest BCUT2D eigenvalue weighted by Gasteiger charge is 2.18. The van der Waals surface area contributed by atoms with E-state index < -0.39 is 0 Å². The number of hydrogen-bond acceptors (Lipinski definition) is 4. The van der Waals surface area contributed by atoms with Gasteiger partial charge in [-0.05, 0) is 32.4 Å². The molecule has 0 bridgehead atoms. The predicted molar refractivity (Wildman–Crippen MR) is 83.5 cm³/mol. The standard InChI is InChI=1S/C15H26N4O2/c1-4-8-19(10-12-6-5-7-16-12)11-13-9-14(20)18(3)15(21)17(13)2/h9,12,16H,4-8,10-11H2,1-3H3. The summed E-state index contributed by atoms with van der Waals surface area (Å²) in [4.78, 5) is 26.1. The predicted octanol–water partition coefficient (Wildman–Crippen LogP) is 0.0480. The molecule has 0 saturated carbocycles. The van der Waals surface area contributed by atoms with Gasteiger partial charge < -0.3 is 5.32 Å². The Balaban J connectivity index is 2.16. The molecule has 1 atom stereocenters. The number of nitrogens with zero attached hydrogens (tertiary/aromatic N) is 3. The molecule has 1 aliphatic heterocycles. The van der Waals surface area contributed by atoms with Gasteiger partial charge in [0.1, 0.15) is 0 Å². The molecule has 0 spiro atoms. The first kappa shape index (κ1) is 16.0. The fraction of sp³-hybridized carbons (Fsp3) is 0.733. The minimum atomic E-state index is -0.257. The molecule has 2 heterocycles. The van der Waals surface area contributed by atoms with Crippen LogP contribution in [-0.4, -0.2) is 39.7 Å². The van der Waals surface area contributed by atoms with Crippen LogP contribution in [0.25, 0.3) is 0 Å². The summed E-state index contributed by atoms with van der Waals surface area (Å²) in [5, 5.41) is 3.50. The van der Waals surface area contributed by atoms with Crippen molar-refractivity contribution in [3.63, 3.8) is 0 Å². The zero-order valence-electron chi connectivity index (χ0n) is 13.3. The van der Waals surface area contributed by atoms with E-state index in [0.29, 0.717) is 12.6 Å². The van der Waals surface area contributed by atoms with E-state index in [1.807, 2.05) is 0 Å². The molecule has 1 aromatic rings. The van der Waals surface area contributed by atoms with E-state index in [1.165, 1.54) is 19.9 Å². The molecule has 1 saturated heterocycles. The Morgan fingerprint density at radius 3 is 2.71 bits per heavy atom. The highest BCUT2D eigenvalue weighted by Crippen LogP contribution is 2.09. The maximum Gasteiger partial charge on any atom is 0.330 e. The molecule has 1 aliphatic rings. The van der Waals surface area contributed by atoms with Crippen molar-refractivity contribution in [1.29, 1.82) is 0 Å². The molecule has 2 rings (SSSR count). The summed E-state index contributed by atoms with van der Waals surface area (Å²) in [5.74, 6) is 0. The Hall–Kier alpha value is -1.40. The van der Waals surface area contributed by atoms with Gasteiger partial charge in [-0.2, -0.15) is 0 Å². The largest absolute Gasteiger partial charge is 0.330 e. The monoisotopic (exact) mass is 294 g/mol. The number of nitrogens with one attached hydrogen (secondary N) is 1. The van der Waals surface area contributed by atoms with Gasteiger partial charge in [-0.3, -0.25) is 18.8 Å². The fourth-order valence-electron chi connectivity index (χ4n) is 2.93. The fourth-order valence-corrected chi connectivity index (χ4v) is 2.93. The molecule has 6 nitrogen and oxygen atoms in total. The molecule has 1 unspecified atom stereocenters. The van der Waals surface area contributed by atoms with E-state index in [-0.39, 0.29) is 11.2 Å². The number of rotatable bonds is 6. The van der Waals surface area contributed by atoms with Crippen LogP contribution in [0.1, 0.15) is 31.9 Å². The van der Waals surface area contributed by atoms with Crippen molar-refractivity contribution in [2.75, 3.05) is 19.6 Å². The molecule has 0 radical (unpaired) electrons. The lowest BCUT2D eigenvalue weighted by Gasteiger charge is -2.26. The summed E-state index contributed by atoms with van der Waals surface area (Å²) in [6.45, 7) is 5.83. The van der Waals surface area contributed by atoms with Crippen LogP contribution >= 0.6 is 0 Å². The summed E-state index contributed by atoms with van der Waals surface area (Å²) < 4.78 is 2.72. The van der Waals surface area contributed by atoms with Gasteiger partial charge in [0.15, 0.2) is 0 Å². The van der Waals surface area contributed by atoms with Gasteiger partial charge in [-0.25, -0.2) is 4.79 Å². The van der Waals surface area contributed by atoms with Crippen molar-refractivity contribution < 1.29 is 0 Å². The van der Waals surface area contributed by atoms with Crippen LogP contribution in [-0.2, 0) is 20.6 Å². The SMILES string of the molecule is CCCN(Cc1cc(=O)n(C)c(=O)n1C)CC1CCCN1. The van der Waals surface area contributed by atoms with Crippen LogP contribution in [0, 0.1) is 0 Å². The first-order chi connectivity index (χ1) is 10.0. The van der Waals surface area contributed by atoms with Crippen molar-refractivity contribution in [1.82, 2.24) is 19.4 Å². The highest BCUT2D eigenvalue weighted by atomic mass is 16.2. The van der Waals surface area contributed by atoms with Crippen LogP contribution in [0.4, 0.5) is 0 Å². The Labute approximate surface area is 125 Å². The van der Waals surface area contributed by atoms with Crippen LogP contribution < -0.4 is 16.6 Å². The maximum atomic E-state index is 12.0. The molecular weight excluding hydrogens is 268 g/mol. The highest BCUT2D eigenvalue weighted by molar-refractivity contribution is 5.02. The third-order valence-corrected chi connectivity index (χ3v) is 4.19. The van der Waals surface area contributed by atoms with Crippen molar-refractivity contribution >= 4 is 0 Å². The minimum absolute atomic E-state index is 0.233. The first-order valence-corrected chi connectivity index (χ1v) is 7.74. The third kappa shape index (κ3) is 3.83. The van der Waals surface area contributed by atoms with Crippen molar-refractivity contribution in [3.05, 3.63) is 32.6 Å². The van der Waals surface area contributed by atoms with Gasteiger partial charge in [-0.15, -0.1) is 0 Å². The van der Waals surface area contributed by atoms with Gasteiger partial charge in [-0.1, -0.05) is 6.92 Å². The van der Waals surface area contributed by atoms with Crippen LogP contribution in [0.15, 0.2) is 15.7 Å². The molecule has 1 aromatic heterocycles. The Morgan fingerprint density at radius 1 is 1.33 bits per heavy atom. The summed E-state index contributed by atoms with van der Waals surface area (Å²) in [6.07, 6.45) is 3.50. The summed E-state index contributed by atoms with van der Waals surface area (Å²) >= 11 is 0. The van der Waals surface area contributed by atoms with Crippen LogP contribution in [0.2, 0.25) is 0 Å². The van der Waals surface area contributed by atoms with Crippen molar-refractivity contribution in [2.45, 2.75) is 38.8 Å². The molecule has 1 fully saturated rings. The summed E-state index contributed by atoms with van der Waals surface area (Å²) in [5.41, 5.74) is 0.297. The molecule has 6 heteroatoms. The summed E-state index contributed by atoms with van der Waals surface area (Å²) in [7, 11) is 3.25. The van der Waals surface area contributed by atoms with E-state index in [2.05, 4.69) is 17.1 Å².